The first-order valence-corrected chi connectivity index (χ1v) is 11.5. The lowest BCUT2D eigenvalue weighted by atomic mass is 9.45. The first-order chi connectivity index (χ1) is 11.8. The minimum absolute atomic E-state index is 0.0676. The number of alkyl halides is 1. The minimum Gasteiger partial charge on any atom is -0.461 e. The average molecular weight is 460 g/mol. The predicted molar refractivity (Wildman–Crippen MR) is 106 cm³/mol. The summed E-state index contributed by atoms with van der Waals surface area (Å²) in [5.74, 6) is 2.88. The molecule has 9 atom stereocenters. The highest BCUT2D eigenvalue weighted by molar-refractivity contribution is 14.1. The molecule has 0 aliphatic heterocycles. The number of hydrogen-bond acceptors (Lipinski definition) is 3. The normalized spacial score (nSPS) is 55.0. The quantitative estimate of drug-likeness (QED) is 0.350. The summed E-state index contributed by atoms with van der Waals surface area (Å²) in [4.78, 5) is 11.7. The molecular weight excluding hydrogens is 427 g/mol. The summed E-state index contributed by atoms with van der Waals surface area (Å²) < 4.78 is 6.29. The van der Waals surface area contributed by atoms with Gasteiger partial charge >= 0.3 is 5.97 Å². The lowest BCUT2D eigenvalue weighted by Crippen LogP contribution is -2.54. The van der Waals surface area contributed by atoms with Crippen LogP contribution in [0.25, 0.3) is 0 Å². The number of halogens is 1. The number of aliphatic hydroxyl groups excluding tert-OH is 1. The molecule has 4 saturated carbocycles. The predicted octanol–water partition coefficient (Wildman–Crippen LogP) is 4.74. The number of ether oxygens (including phenoxy) is 1. The van der Waals surface area contributed by atoms with Gasteiger partial charge in [0.1, 0.15) is 6.10 Å². The van der Waals surface area contributed by atoms with E-state index in [1.165, 1.54) is 38.5 Å². The van der Waals surface area contributed by atoms with E-state index in [1.807, 2.05) is 0 Å². The molecule has 4 aliphatic carbocycles. The molecular formula is C21H33IO3. The molecule has 0 bridgehead atoms. The molecule has 4 aliphatic rings. The Morgan fingerprint density at radius 1 is 1.04 bits per heavy atom. The van der Waals surface area contributed by atoms with Crippen LogP contribution in [0.3, 0.4) is 0 Å². The molecule has 0 aromatic heterocycles. The van der Waals surface area contributed by atoms with Crippen LogP contribution in [0.4, 0.5) is 0 Å². The monoisotopic (exact) mass is 460 g/mol. The van der Waals surface area contributed by atoms with E-state index in [9.17, 15) is 9.90 Å². The van der Waals surface area contributed by atoms with Crippen molar-refractivity contribution in [3.05, 3.63) is 0 Å². The summed E-state index contributed by atoms with van der Waals surface area (Å²) >= 11 is 2.54. The Morgan fingerprint density at radius 2 is 1.76 bits per heavy atom. The Morgan fingerprint density at radius 3 is 2.48 bits per heavy atom. The first kappa shape index (κ1) is 18.5. The van der Waals surface area contributed by atoms with Crippen LogP contribution in [0.1, 0.15) is 72.1 Å². The van der Waals surface area contributed by atoms with Crippen LogP contribution in [-0.4, -0.2) is 27.2 Å². The van der Waals surface area contributed by atoms with Crippen molar-refractivity contribution in [1.82, 2.24) is 0 Å². The van der Waals surface area contributed by atoms with Gasteiger partial charge in [-0.1, -0.05) is 36.4 Å². The Kier molecular flexibility index (Phi) is 4.71. The van der Waals surface area contributed by atoms with Crippen molar-refractivity contribution in [3.63, 3.8) is 0 Å². The molecule has 0 spiro atoms. The number of carbonyl (C=O) groups is 1. The van der Waals surface area contributed by atoms with E-state index in [-0.39, 0.29) is 23.6 Å². The van der Waals surface area contributed by atoms with E-state index in [1.54, 1.807) is 6.92 Å². The third kappa shape index (κ3) is 2.79. The molecule has 4 fully saturated rings. The van der Waals surface area contributed by atoms with Crippen molar-refractivity contribution in [2.24, 2.45) is 34.5 Å². The highest BCUT2D eigenvalue weighted by atomic mass is 127. The van der Waals surface area contributed by atoms with Gasteiger partial charge in [-0.2, -0.15) is 0 Å². The number of rotatable bonds is 1. The van der Waals surface area contributed by atoms with E-state index < -0.39 is 0 Å². The molecule has 142 valence electrons. The molecule has 1 N–H and O–H groups in total. The van der Waals surface area contributed by atoms with Crippen molar-refractivity contribution in [1.29, 1.82) is 0 Å². The average Bonchev–Trinajstić information content (AvgIpc) is 2.79. The second kappa shape index (κ2) is 6.35. The molecule has 4 rings (SSSR count). The Balaban J connectivity index is 1.60. The fraction of sp³-hybridized carbons (Fsp3) is 0.952. The van der Waals surface area contributed by atoms with E-state index in [4.69, 9.17) is 4.74 Å². The third-order valence-electron chi connectivity index (χ3n) is 8.83. The molecule has 5 unspecified atom stereocenters. The molecule has 0 aromatic carbocycles. The standard InChI is InChI=1S/C21H33IO3/c1-12(23)25-19-18(22)11-17-15-5-4-13-10-14(24)6-8-20(13,2)16(15)7-9-21(17,19)3/h13-19,24H,4-11H2,1-3H3/t13?,14-,15?,16?,17?,18+,19?,20-,21-/m0/s1. The van der Waals surface area contributed by atoms with E-state index in [2.05, 4.69) is 36.4 Å². The Bertz CT molecular complexity index is 551. The maximum Gasteiger partial charge on any atom is 0.302 e. The van der Waals surface area contributed by atoms with E-state index >= 15 is 0 Å². The van der Waals surface area contributed by atoms with Crippen molar-refractivity contribution < 1.29 is 14.6 Å². The molecule has 3 nitrogen and oxygen atoms in total. The number of aliphatic hydroxyl groups is 1. The summed E-state index contributed by atoms with van der Waals surface area (Å²) in [6, 6.07) is 0. The van der Waals surface area contributed by atoms with Crippen molar-refractivity contribution in [2.45, 2.75) is 88.3 Å². The molecule has 4 heteroatoms. The zero-order chi connectivity index (χ0) is 18.0. The molecule has 25 heavy (non-hydrogen) atoms. The van der Waals surface area contributed by atoms with Crippen LogP contribution in [0.2, 0.25) is 0 Å². The zero-order valence-electron chi connectivity index (χ0n) is 15.8. The van der Waals surface area contributed by atoms with Gasteiger partial charge in [0.2, 0.25) is 0 Å². The van der Waals surface area contributed by atoms with Crippen LogP contribution in [0.15, 0.2) is 0 Å². The molecule has 0 aromatic rings. The van der Waals surface area contributed by atoms with Crippen LogP contribution in [0.5, 0.6) is 0 Å². The molecule has 0 saturated heterocycles. The fourth-order valence-electron chi connectivity index (χ4n) is 7.55. The van der Waals surface area contributed by atoms with Gasteiger partial charge in [0.25, 0.3) is 0 Å². The van der Waals surface area contributed by atoms with E-state index in [0.29, 0.717) is 21.2 Å². The number of carbonyl (C=O) groups excluding carboxylic acids is 1. The van der Waals surface area contributed by atoms with E-state index in [0.717, 1.165) is 24.7 Å². The van der Waals surface area contributed by atoms with Gasteiger partial charge < -0.3 is 9.84 Å². The van der Waals surface area contributed by atoms with Crippen LogP contribution < -0.4 is 0 Å². The second-order valence-corrected chi connectivity index (χ2v) is 11.5. The van der Waals surface area contributed by atoms with Gasteiger partial charge in [-0.15, -0.1) is 0 Å². The maximum atomic E-state index is 11.7. The lowest BCUT2D eigenvalue weighted by molar-refractivity contribution is -0.162. The SMILES string of the molecule is CC(=O)OC1[C@H](I)CC2C3CCC4C[C@@H](O)CC[C@]4(C)C3CC[C@@]21C. The number of esters is 1. The smallest absolute Gasteiger partial charge is 0.302 e. The zero-order valence-corrected chi connectivity index (χ0v) is 18.0. The van der Waals surface area contributed by atoms with Gasteiger partial charge in [0, 0.05) is 16.3 Å². The molecule has 0 amide bonds. The highest BCUT2D eigenvalue weighted by Gasteiger charge is 2.62. The summed E-state index contributed by atoms with van der Waals surface area (Å²) in [5, 5.41) is 10.2. The van der Waals surface area contributed by atoms with Crippen LogP contribution in [-0.2, 0) is 9.53 Å². The van der Waals surface area contributed by atoms with Crippen LogP contribution in [0, 0.1) is 34.5 Å². The molecule has 0 radical (unpaired) electrons. The third-order valence-corrected chi connectivity index (χ3v) is 9.99. The van der Waals surface area contributed by atoms with Crippen LogP contribution >= 0.6 is 22.6 Å². The maximum absolute atomic E-state index is 11.7. The number of fused-ring (bicyclic) bond motifs is 5. The van der Waals surface area contributed by atoms with Crippen molar-refractivity contribution in [2.75, 3.05) is 0 Å². The van der Waals surface area contributed by atoms with Crippen molar-refractivity contribution >= 4 is 28.6 Å². The van der Waals surface area contributed by atoms with Gasteiger partial charge in [-0.25, -0.2) is 0 Å². The topological polar surface area (TPSA) is 46.5 Å². The summed E-state index contributed by atoms with van der Waals surface area (Å²) in [6.07, 6.45) is 9.51. The van der Waals surface area contributed by atoms with Gasteiger partial charge in [0.05, 0.1) is 6.10 Å². The lowest BCUT2D eigenvalue weighted by Gasteiger charge is -2.60. The van der Waals surface area contributed by atoms with Gasteiger partial charge in [0.15, 0.2) is 0 Å². The first-order valence-electron chi connectivity index (χ1n) is 10.2. The van der Waals surface area contributed by atoms with Gasteiger partial charge in [-0.05, 0) is 80.5 Å². The highest BCUT2D eigenvalue weighted by Crippen LogP contribution is 2.67. The summed E-state index contributed by atoms with van der Waals surface area (Å²) in [5.41, 5.74) is 0.583. The number of hydrogen-bond donors (Lipinski definition) is 1. The second-order valence-electron chi connectivity index (χ2n) is 9.91. The summed E-state index contributed by atoms with van der Waals surface area (Å²) in [7, 11) is 0. The largest absolute Gasteiger partial charge is 0.461 e. The van der Waals surface area contributed by atoms with Gasteiger partial charge in [-0.3, -0.25) is 4.79 Å². The minimum atomic E-state index is -0.118. The Labute approximate surface area is 165 Å². The van der Waals surface area contributed by atoms with Crippen molar-refractivity contribution in [3.8, 4) is 0 Å². The molecule has 0 heterocycles. The fourth-order valence-corrected chi connectivity index (χ4v) is 9.06. The summed E-state index contributed by atoms with van der Waals surface area (Å²) in [6.45, 7) is 6.49. The Hall–Kier alpha value is 0.160.